The molecule has 1 aromatic carbocycles. The Hall–Kier alpha value is -1.56. The fourth-order valence-electron chi connectivity index (χ4n) is 1.62. The summed E-state index contributed by atoms with van der Waals surface area (Å²) in [4.78, 5) is 0. The summed E-state index contributed by atoms with van der Waals surface area (Å²) in [6.45, 7) is 0. The minimum absolute atomic E-state index is 1.33. The summed E-state index contributed by atoms with van der Waals surface area (Å²) in [7, 11) is 0. The van der Waals surface area contributed by atoms with E-state index in [0.717, 1.165) is 0 Å². The van der Waals surface area contributed by atoms with Crippen molar-refractivity contribution in [1.29, 1.82) is 0 Å². The van der Waals surface area contributed by atoms with Gasteiger partial charge >= 0.3 is 0 Å². The molecule has 0 amide bonds. The fraction of sp³-hybridized carbons (Fsp3) is 0. The molecule has 0 saturated carbocycles. The van der Waals surface area contributed by atoms with Gasteiger partial charge in [-0.15, -0.1) is 0 Å². The Morgan fingerprint density at radius 1 is 0.583 bits per heavy atom. The Morgan fingerprint density at radius 2 is 1.42 bits per heavy atom. The molecule has 3 rings (SSSR count). The number of hydrogen-bond donors (Lipinski definition) is 0. The highest BCUT2D eigenvalue weighted by Gasteiger charge is 2.17. The zero-order chi connectivity index (χ0) is 7.97. The van der Waals surface area contributed by atoms with Crippen LogP contribution in [-0.2, 0) is 0 Å². The molecular formula is C12H8. The zero-order valence-corrected chi connectivity index (χ0v) is 6.62. The third-order valence-electron chi connectivity index (χ3n) is 2.33. The van der Waals surface area contributed by atoms with Crippen LogP contribution in [0, 0.1) is 0 Å². The lowest BCUT2D eigenvalue weighted by Crippen LogP contribution is -1.70. The highest BCUT2D eigenvalue weighted by Crippen LogP contribution is 2.43. The number of hydrogen-bond acceptors (Lipinski definition) is 0. The minimum atomic E-state index is 1.33. The summed E-state index contributed by atoms with van der Waals surface area (Å²) in [5.41, 5.74) is 5.55. The van der Waals surface area contributed by atoms with E-state index in [1.54, 1.807) is 0 Å². The predicted octanol–water partition coefficient (Wildman–Crippen LogP) is 3.33. The van der Waals surface area contributed by atoms with Crippen LogP contribution in [0.5, 0.6) is 0 Å². The Balaban J connectivity index is 2.17. The summed E-state index contributed by atoms with van der Waals surface area (Å²) in [5.74, 6) is 0. The first kappa shape index (κ1) is 6.01. The van der Waals surface area contributed by atoms with Crippen molar-refractivity contribution in [3.63, 3.8) is 0 Å². The maximum atomic E-state index is 2.22. The van der Waals surface area contributed by atoms with Gasteiger partial charge in [0, 0.05) is 0 Å². The predicted molar refractivity (Wildman–Crippen MR) is 50.9 cm³/mol. The van der Waals surface area contributed by atoms with Gasteiger partial charge in [-0.2, -0.15) is 0 Å². The van der Waals surface area contributed by atoms with Crippen LogP contribution in [0.2, 0.25) is 0 Å². The largest absolute Gasteiger partial charge is 0.0622 e. The van der Waals surface area contributed by atoms with Gasteiger partial charge in [-0.3, -0.25) is 0 Å². The van der Waals surface area contributed by atoms with E-state index in [2.05, 4.69) is 48.5 Å². The monoisotopic (exact) mass is 152 g/mol. The Morgan fingerprint density at radius 3 is 2.00 bits per heavy atom. The second-order valence-corrected chi connectivity index (χ2v) is 3.13. The lowest BCUT2D eigenvalue weighted by atomic mass is 10.1. The van der Waals surface area contributed by atoms with Gasteiger partial charge in [0.2, 0.25) is 0 Å². The smallest absolute Gasteiger partial charge is 0.00990 e. The Bertz CT molecular complexity index is 427. The number of benzene rings is 2. The molecule has 0 spiro atoms. The molecule has 0 saturated heterocycles. The van der Waals surface area contributed by atoms with E-state index in [1.165, 1.54) is 22.3 Å². The first-order valence-corrected chi connectivity index (χ1v) is 4.15. The first-order chi connectivity index (χ1) is 5.95. The van der Waals surface area contributed by atoms with Gasteiger partial charge in [0.25, 0.3) is 0 Å². The van der Waals surface area contributed by atoms with Crippen LogP contribution in [0.3, 0.4) is 0 Å². The fourth-order valence-corrected chi connectivity index (χ4v) is 1.62. The molecule has 0 bridgehead atoms. The van der Waals surface area contributed by atoms with Crippen LogP contribution in [0.25, 0.3) is 22.3 Å². The van der Waals surface area contributed by atoms with Crippen molar-refractivity contribution in [1.82, 2.24) is 0 Å². The summed E-state index contributed by atoms with van der Waals surface area (Å²) in [6, 6.07) is 17.1. The molecule has 12 heavy (non-hydrogen) atoms. The van der Waals surface area contributed by atoms with E-state index >= 15 is 0 Å². The topological polar surface area (TPSA) is 0 Å². The molecule has 0 fully saturated rings. The van der Waals surface area contributed by atoms with Crippen LogP contribution in [0.15, 0.2) is 48.5 Å². The lowest BCUT2D eigenvalue weighted by Gasteiger charge is -1.95. The molecule has 0 heteroatoms. The zero-order valence-electron chi connectivity index (χ0n) is 6.62. The minimum Gasteiger partial charge on any atom is -0.0622 e. The van der Waals surface area contributed by atoms with Crippen molar-refractivity contribution in [3.8, 4) is 22.3 Å². The van der Waals surface area contributed by atoms with Gasteiger partial charge in [0.1, 0.15) is 0 Å². The lowest BCUT2D eigenvalue weighted by molar-refractivity contribution is 1.68. The molecule has 0 radical (unpaired) electrons. The van der Waals surface area contributed by atoms with Crippen molar-refractivity contribution in [2.45, 2.75) is 0 Å². The van der Waals surface area contributed by atoms with E-state index < -0.39 is 0 Å². The van der Waals surface area contributed by atoms with Crippen molar-refractivity contribution in [2.75, 3.05) is 0 Å². The summed E-state index contributed by atoms with van der Waals surface area (Å²) >= 11 is 0. The van der Waals surface area contributed by atoms with E-state index in [9.17, 15) is 0 Å². The van der Waals surface area contributed by atoms with Gasteiger partial charge in [-0.05, 0) is 28.3 Å². The molecule has 0 aliphatic heterocycles. The average molecular weight is 152 g/mol. The Kier molecular flexibility index (Phi) is 0.991. The molecule has 0 unspecified atom stereocenters. The molecule has 0 N–H and O–H groups in total. The molecule has 1 aromatic rings. The maximum absolute atomic E-state index is 2.22. The molecular weight excluding hydrogens is 144 g/mol. The van der Waals surface area contributed by atoms with Gasteiger partial charge in [-0.25, -0.2) is 0 Å². The number of rotatable bonds is 1. The molecule has 0 nitrogen and oxygen atoms in total. The summed E-state index contributed by atoms with van der Waals surface area (Å²) in [5, 5.41) is 0. The van der Waals surface area contributed by atoms with Crippen LogP contribution < -0.4 is 0 Å². The van der Waals surface area contributed by atoms with E-state index in [4.69, 9.17) is 0 Å². The molecule has 2 aliphatic carbocycles. The third kappa shape index (κ3) is 0.722. The second kappa shape index (κ2) is 1.98. The van der Waals surface area contributed by atoms with Crippen LogP contribution in [-0.4, -0.2) is 0 Å². The van der Waals surface area contributed by atoms with Crippen molar-refractivity contribution >= 4 is 0 Å². The van der Waals surface area contributed by atoms with Crippen molar-refractivity contribution < 1.29 is 0 Å². The van der Waals surface area contributed by atoms with Gasteiger partial charge in [0.05, 0.1) is 0 Å². The second-order valence-electron chi connectivity index (χ2n) is 3.13. The highest BCUT2D eigenvalue weighted by atomic mass is 14.2. The van der Waals surface area contributed by atoms with Crippen LogP contribution >= 0.6 is 0 Å². The molecule has 56 valence electrons. The van der Waals surface area contributed by atoms with Crippen LogP contribution in [0.4, 0.5) is 0 Å². The SMILES string of the molecule is c1ccc(-c2ccc3cc2-3)cc1. The van der Waals surface area contributed by atoms with Gasteiger partial charge < -0.3 is 0 Å². The van der Waals surface area contributed by atoms with Gasteiger partial charge in [0.15, 0.2) is 0 Å². The van der Waals surface area contributed by atoms with Crippen LogP contribution in [0.1, 0.15) is 0 Å². The summed E-state index contributed by atoms with van der Waals surface area (Å²) < 4.78 is 0. The number of fused-ring (bicyclic) bond motifs is 1. The Labute approximate surface area is 71.5 Å². The first-order valence-electron chi connectivity index (χ1n) is 4.15. The quantitative estimate of drug-likeness (QED) is 0.501. The summed E-state index contributed by atoms with van der Waals surface area (Å²) in [6.07, 6.45) is 0. The highest BCUT2D eigenvalue weighted by molar-refractivity contribution is 5.95. The molecule has 0 atom stereocenters. The molecule has 0 heterocycles. The normalized spacial score (nSPS) is 11.3. The van der Waals surface area contributed by atoms with E-state index in [-0.39, 0.29) is 0 Å². The van der Waals surface area contributed by atoms with Crippen molar-refractivity contribution in [3.05, 3.63) is 48.5 Å². The maximum Gasteiger partial charge on any atom is -0.00990 e. The standard InChI is InChI=1S/C12H8/c1-2-4-9(5-3-1)11-7-6-10-8-12(10)11/h1-8H. The third-order valence-corrected chi connectivity index (χ3v) is 2.33. The molecule has 0 aromatic heterocycles. The average Bonchev–Trinajstić information content (AvgIpc) is 2.80. The van der Waals surface area contributed by atoms with Crippen molar-refractivity contribution in [2.24, 2.45) is 0 Å². The van der Waals surface area contributed by atoms with E-state index in [1.807, 2.05) is 0 Å². The van der Waals surface area contributed by atoms with E-state index in [0.29, 0.717) is 0 Å². The van der Waals surface area contributed by atoms with Gasteiger partial charge in [-0.1, -0.05) is 42.5 Å². The molecule has 2 aliphatic rings.